The Bertz CT molecular complexity index is 702. The number of oxime groups is 1. The van der Waals surface area contributed by atoms with Gasteiger partial charge in [0, 0.05) is 11.3 Å². The number of hydrogen-bond donors (Lipinski definition) is 1. The molecule has 1 N–H and O–H groups in total. The van der Waals surface area contributed by atoms with Gasteiger partial charge >= 0.3 is 0 Å². The lowest BCUT2D eigenvalue weighted by atomic mass is 10.2. The highest BCUT2D eigenvalue weighted by Crippen LogP contribution is 2.27. The van der Waals surface area contributed by atoms with Crippen LogP contribution in [0.1, 0.15) is 19.4 Å². The van der Waals surface area contributed by atoms with Crippen LogP contribution in [0.25, 0.3) is 0 Å². The van der Waals surface area contributed by atoms with Crippen LogP contribution in [0, 0.1) is 0 Å². The van der Waals surface area contributed by atoms with E-state index in [-0.39, 0.29) is 12.5 Å². The molecule has 0 aromatic heterocycles. The maximum Gasteiger partial charge on any atom is 0.265 e. The summed E-state index contributed by atoms with van der Waals surface area (Å²) in [4.78, 5) is 16.8. The molecule has 0 unspecified atom stereocenters. The Morgan fingerprint density at radius 3 is 2.48 bits per heavy atom. The van der Waals surface area contributed by atoms with E-state index < -0.39 is 0 Å². The van der Waals surface area contributed by atoms with Crippen LogP contribution < -0.4 is 14.8 Å². The van der Waals surface area contributed by atoms with Gasteiger partial charge < -0.3 is 19.6 Å². The number of para-hydroxylation sites is 1. The third-order valence-electron chi connectivity index (χ3n) is 3.10. The van der Waals surface area contributed by atoms with E-state index in [2.05, 4.69) is 10.5 Å². The lowest BCUT2D eigenvalue weighted by molar-refractivity contribution is -0.120. The van der Waals surface area contributed by atoms with Gasteiger partial charge in [0.2, 0.25) is 0 Å². The molecule has 0 aliphatic carbocycles. The Labute approximate surface area is 147 Å². The van der Waals surface area contributed by atoms with E-state index in [1.165, 1.54) is 6.21 Å². The Kier molecular flexibility index (Phi) is 7.31. The number of hydrogen-bond acceptors (Lipinski definition) is 5. The number of anilines is 1. The second-order valence-corrected chi connectivity index (χ2v) is 4.99. The van der Waals surface area contributed by atoms with Gasteiger partial charge in [0.05, 0.1) is 19.4 Å². The van der Waals surface area contributed by atoms with E-state index >= 15 is 0 Å². The molecule has 132 valence electrons. The van der Waals surface area contributed by atoms with E-state index in [9.17, 15) is 4.79 Å². The van der Waals surface area contributed by atoms with E-state index in [4.69, 9.17) is 14.3 Å². The summed E-state index contributed by atoms with van der Waals surface area (Å²) in [5.41, 5.74) is 1.50. The van der Waals surface area contributed by atoms with Crippen LogP contribution in [0.4, 0.5) is 5.69 Å². The maximum atomic E-state index is 11.7. The average Bonchev–Trinajstić information content (AvgIpc) is 2.62. The molecule has 0 fully saturated rings. The van der Waals surface area contributed by atoms with Gasteiger partial charge in [0.25, 0.3) is 5.91 Å². The van der Waals surface area contributed by atoms with Crippen molar-refractivity contribution in [1.82, 2.24) is 0 Å². The smallest absolute Gasteiger partial charge is 0.265 e. The number of carbonyl (C=O) groups excluding carboxylic acids is 1. The summed E-state index contributed by atoms with van der Waals surface area (Å²) in [5, 5.41) is 6.53. The normalized spacial score (nSPS) is 10.5. The molecule has 0 spiro atoms. The first-order valence-corrected chi connectivity index (χ1v) is 8.12. The number of benzene rings is 2. The third kappa shape index (κ3) is 6.18. The predicted molar refractivity (Wildman–Crippen MR) is 97.4 cm³/mol. The molecule has 6 heteroatoms. The van der Waals surface area contributed by atoms with Crippen LogP contribution in [0.5, 0.6) is 11.5 Å². The molecule has 0 heterocycles. The van der Waals surface area contributed by atoms with Crippen molar-refractivity contribution in [3.05, 3.63) is 54.1 Å². The molecule has 0 aliphatic heterocycles. The summed E-state index contributed by atoms with van der Waals surface area (Å²) in [6.45, 7) is 4.76. The van der Waals surface area contributed by atoms with Crippen molar-refractivity contribution in [2.24, 2.45) is 5.16 Å². The van der Waals surface area contributed by atoms with Crippen LogP contribution in [0.15, 0.2) is 53.7 Å². The molecule has 0 saturated carbocycles. The van der Waals surface area contributed by atoms with Crippen molar-refractivity contribution in [3.8, 4) is 11.5 Å². The van der Waals surface area contributed by atoms with Gasteiger partial charge in [-0.2, -0.15) is 0 Å². The highest BCUT2D eigenvalue weighted by atomic mass is 16.6. The lowest BCUT2D eigenvalue weighted by Crippen LogP contribution is -2.16. The van der Waals surface area contributed by atoms with Crippen molar-refractivity contribution in [2.75, 3.05) is 25.1 Å². The third-order valence-corrected chi connectivity index (χ3v) is 3.10. The second kappa shape index (κ2) is 9.97. The van der Waals surface area contributed by atoms with Crippen molar-refractivity contribution in [1.29, 1.82) is 0 Å². The summed E-state index contributed by atoms with van der Waals surface area (Å²) in [6, 6.07) is 14.6. The first-order valence-electron chi connectivity index (χ1n) is 8.12. The molecule has 1 amide bonds. The van der Waals surface area contributed by atoms with Gasteiger partial charge in [-0.15, -0.1) is 0 Å². The van der Waals surface area contributed by atoms with Crippen molar-refractivity contribution in [3.63, 3.8) is 0 Å². The molecular weight excluding hydrogens is 320 g/mol. The van der Waals surface area contributed by atoms with Gasteiger partial charge in [-0.3, -0.25) is 4.79 Å². The van der Waals surface area contributed by atoms with Crippen molar-refractivity contribution >= 4 is 17.8 Å². The molecule has 2 rings (SSSR count). The van der Waals surface area contributed by atoms with Crippen LogP contribution in [0.3, 0.4) is 0 Å². The van der Waals surface area contributed by atoms with Crippen molar-refractivity contribution < 1.29 is 19.1 Å². The number of amides is 1. The van der Waals surface area contributed by atoms with E-state index in [0.717, 1.165) is 5.56 Å². The number of ether oxygens (including phenoxy) is 2. The summed E-state index contributed by atoms with van der Waals surface area (Å²) in [5.74, 6) is 1.06. The predicted octanol–water partition coefficient (Wildman–Crippen LogP) is 3.47. The van der Waals surface area contributed by atoms with Crippen LogP contribution >= 0.6 is 0 Å². The summed E-state index contributed by atoms with van der Waals surface area (Å²) >= 11 is 0. The molecule has 0 radical (unpaired) electrons. The second-order valence-electron chi connectivity index (χ2n) is 4.99. The minimum Gasteiger partial charge on any atom is -0.490 e. The largest absolute Gasteiger partial charge is 0.490 e. The van der Waals surface area contributed by atoms with Crippen molar-refractivity contribution in [2.45, 2.75) is 13.8 Å². The fraction of sp³-hybridized carbons (Fsp3) is 0.263. The number of nitrogens with one attached hydrogen (secondary N) is 1. The number of carbonyl (C=O) groups is 1. The highest BCUT2D eigenvalue weighted by Gasteiger charge is 2.05. The zero-order valence-corrected chi connectivity index (χ0v) is 14.4. The van der Waals surface area contributed by atoms with Gasteiger partial charge in [0.15, 0.2) is 18.1 Å². The van der Waals surface area contributed by atoms with E-state index in [0.29, 0.717) is 30.4 Å². The average molecular weight is 342 g/mol. The summed E-state index contributed by atoms with van der Waals surface area (Å²) in [6.07, 6.45) is 1.52. The zero-order chi connectivity index (χ0) is 17.9. The SMILES string of the molecule is CCOc1ccc(/C=N/OCC(=O)Nc2ccccc2)cc1OCC. The topological polar surface area (TPSA) is 69.2 Å². The molecule has 2 aromatic rings. The molecular formula is C19H22N2O4. The monoisotopic (exact) mass is 342 g/mol. The molecule has 2 aromatic carbocycles. The Balaban J connectivity index is 1.86. The van der Waals surface area contributed by atoms with Crippen LogP contribution in [-0.2, 0) is 9.63 Å². The van der Waals surface area contributed by atoms with Gasteiger partial charge in [-0.05, 0) is 44.2 Å². The quantitative estimate of drug-likeness (QED) is 0.559. The zero-order valence-electron chi connectivity index (χ0n) is 14.4. The Hall–Kier alpha value is -3.02. The molecule has 25 heavy (non-hydrogen) atoms. The van der Waals surface area contributed by atoms with Crippen LogP contribution in [-0.4, -0.2) is 31.9 Å². The lowest BCUT2D eigenvalue weighted by Gasteiger charge is -2.11. The fourth-order valence-electron chi connectivity index (χ4n) is 2.06. The minimum absolute atomic E-state index is 0.166. The molecule has 0 saturated heterocycles. The first-order chi connectivity index (χ1) is 12.2. The van der Waals surface area contributed by atoms with E-state index in [1.54, 1.807) is 12.1 Å². The summed E-state index contributed by atoms with van der Waals surface area (Å²) < 4.78 is 11.1. The molecule has 0 bridgehead atoms. The highest BCUT2D eigenvalue weighted by molar-refractivity contribution is 5.91. The first kappa shape index (κ1) is 18.3. The molecule has 6 nitrogen and oxygen atoms in total. The van der Waals surface area contributed by atoms with Crippen LogP contribution in [0.2, 0.25) is 0 Å². The molecule has 0 aliphatic rings. The standard InChI is InChI=1S/C19H22N2O4/c1-3-23-17-11-10-15(12-18(17)24-4-2)13-20-25-14-19(22)21-16-8-6-5-7-9-16/h5-13H,3-4,14H2,1-2H3,(H,21,22)/b20-13+. The summed E-state index contributed by atoms with van der Waals surface area (Å²) in [7, 11) is 0. The number of nitrogens with zero attached hydrogens (tertiary/aromatic N) is 1. The maximum absolute atomic E-state index is 11.7. The molecule has 0 atom stereocenters. The fourth-order valence-corrected chi connectivity index (χ4v) is 2.06. The Morgan fingerprint density at radius 1 is 1.04 bits per heavy atom. The van der Waals surface area contributed by atoms with Gasteiger partial charge in [-0.25, -0.2) is 0 Å². The number of rotatable bonds is 9. The Morgan fingerprint density at radius 2 is 1.76 bits per heavy atom. The van der Waals surface area contributed by atoms with Gasteiger partial charge in [-0.1, -0.05) is 23.4 Å². The van der Waals surface area contributed by atoms with E-state index in [1.807, 2.05) is 50.2 Å². The van der Waals surface area contributed by atoms with Gasteiger partial charge in [0.1, 0.15) is 0 Å². The minimum atomic E-state index is -0.273.